The molecule has 0 fully saturated rings. The zero-order chi connectivity index (χ0) is 16.9. The summed E-state index contributed by atoms with van der Waals surface area (Å²) in [5, 5.41) is 17.1. The van der Waals surface area contributed by atoms with Crippen molar-refractivity contribution in [2.24, 2.45) is 5.92 Å². The van der Waals surface area contributed by atoms with Crippen LogP contribution in [-0.4, -0.2) is 32.9 Å². The highest BCUT2D eigenvalue weighted by Crippen LogP contribution is 2.14. The Kier molecular flexibility index (Phi) is 5.34. The minimum atomic E-state index is -0.915. The molecule has 0 aliphatic heterocycles. The number of nitrogens with one attached hydrogen (secondary N) is 1. The van der Waals surface area contributed by atoms with E-state index in [0.29, 0.717) is 0 Å². The summed E-state index contributed by atoms with van der Waals surface area (Å²) >= 11 is 0. The van der Waals surface area contributed by atoms with Crippen LogP contribution in [0.15, 0.2) is 48.8 Å². The molecular formula is C18H23N3O2. The third kappa shape index (κ3) is 4.79. The van der Waals surface area contributed by atoms with Crippen LogP contribution in [0.2, 0.25) is 0 Å². The van der Waals surface area contributed by atoms with E-state index in [4.69, 9.17) is 0 Å². The van der Waals surface area contributed by atoms with Crippen LogP contribution < -0.4 is 5.32 Å². The maximum atomic E-state index is 11.8. The van der Waals surface area contributed by atoms with Crippen molar-refractivity contribution in [2.45, 2.75) is 26.4 Å². The van der Waals surface area contributed by atoms with E-state index in [9.17, 15) is 9.90 Å². The Bertz CT molecular complexity index is 673. The molecule has 122 valence electrons. The summed E-state index contributed by atoms with van der Waals surface area (Å²) in [6.07, 6.45) is 6.69. The van der Waals surface area contributed by atoms with Crippen molar-refractivity contribution in [1.29, 1.82) is 0 Å². The first-order valence-electron chi connectivity index (χ1n) is 7.67. The molecule has 2 aromatic rings. The molecule has 1 heterocycles. The maximum Gasteiger partial charge on any atom is 0.244 e. The molecule has 2 N–H and O–H groups in total. The molecule has 1 aromatic carbocycles. The van der Waals surface area contributed by atoms with E-state index in [-0.39, 0.29) is 18.4 Å². The smallest absolute Gasteiger partial charge is 0.244 e. The van der Waals surface area contributed by atoms with Crippen molar-refractivity contribution in [3.8, 4) is 5.69 Å². The van der Waals surface area contributed by atoms with Gasteiger partial charge in [0.15, 0.2) is 0 Å². The van der Waals surface area contributed by atoms with E-state index in [0.717, 1.165) is 11.3 Å². The van der Waals surface area contributed by atoms with Crippen LogP contribution in [0.3, 0.4) is 0 Å². The number of hydrogen-bond acceptors (Lipinski definition) is 3. The molecule has 0 saturated heterocycles. The fourth-order valence-electron chi connectivity index (χ4n) is 1.85. The van der Waals surface area contributed by atoms with Gasteiger partial charge >= 0.3 is 0 Å². The largest absolute Gasteiger partial charge is 0.388 e. The van der Waals surface area contributed by atoms with Crippen LogP contribution >= 0.6 is 0 Å². The average Bonchev–Trinajstić information content (AvgIpc) is 3.01. The summed E-state index contributed by atoms with van der Waals surface area (Å²) in [6.45, 7) is 5.77. The second kappa shape index (κ2) is 7.24. The number of amides is 1. The fraction of sp³-hybridized carbons (Fsp3) is 0.333. The first-order chi connectivity index (χ1) is 10.9. The zero-order valence-electron chi connectivity index (χ0n) is 13.7. The molecule has 5 heteroatoms. The topological polar surface area (TPSA) is 67.2 Å². The molecule has 0 radical (unpaired) electrons. The van der Waals surface area contributed by atoms with Gasteiger partial charge in [0.1, 0.15) is 0 Å². The van der Waals surface area contributed by atoms with E-state index < -0.39 is 5.60 Å². The van der Waals surface area contributed by atoms with Gasteiger partial charge in [-0.1, -0.05) is 32.0 Å². The highest BCUT2D eigenvalue weighted by molar-refractivity contribution is 5.91. The Morgan fingerprint density at radius 3 is 2.74 bits per heavy atom. The Balaban J connectivity index is 1.93. The Hall–Kier alpha value is -2.40. The first-order valence-corrected chi connectivity index (χ1v) is 7.67. The monoisotopic (exact) mass is 313 g/mol. The lowest BCUT2D eigenvalue weighted by atomic mass is 9.92. The highest BCUT2D eigenvalue weighted by Gasteiger charge is 2.24. The van der Waals surface area contributed by atoms with Gasteiger partial charge in [-0.3, -0.25) is 4.79 Å². The number of carbonyl (C=O) groups is 1. The van der Waals surface area contributed by atoms with E-state index in [1.807, 2.05) is 50.4 Å². The van der Waals surface area contributed by atoms with E-state index in [2.05, 4.69) is 10.4 Å². The van der Waals surface area contributed by atoms with E-state index in [1.54, 1.807) is 23.9 Å². The summed E-state index contributed by atoms with van der Waals surface area (Å²) in [4.78, 5) is 11.8. The fourth-order valence-corrected chi connectivity index (χ4v) is 1.85. The van der Waals surface area contributed by atoms with Gasteiger partial charge in [0.25, 0.3) is 0 Å². The number of benzene rings is 1. The van der Waals surface area contributed by atoms with Gasteiger partial charge in [0, 0.05) is 24.4 Å². The molecule has 0 bridgehead atoms. The number of hydrogen-bond donors (Lipinski definition) is 2. The van der Waals surface area contributed by atoms with Gasteiger partial charge in [-0.05, 0) is 31.1 Å². The lowest BCUT2D eigenvalue weighted by Crippen LogP contribution is -2.43. The van der Waals surface area contributed by atoms with Crippen molar-refractivity contribution in [3.05, 3.63) is 54.4 Å². The Morgan fingerprint density at radius 1 is 1.39 bits per heavy atom. The van der Waals surface area contributed by atoms with Gasteiger partial charge in [0.05, 0.1) is 17.5 Å². The van der Waals surface area contributed by atoms with Crippen LogP contribution in [0, 0.1) is 5.92 Å². The number of aliphatic hydroxyl groups is 1. The molecule has 0 spiro atoms. The predicted molar refractivity (Wildman–Crippen MR) is 91.1 cm³/mol. The number of rotatable bonds is 6. The summed E-state index contributed by atoms with van der Waals surface area (Å²) in [5.41, 5.74) is 0.881. The molecule has 0 aliphatic carbocycles. The summed E-state index contributed by atoms with van der Waals surface area (Å²) in [5.74, 6) is -0.172. The highest BCUT2D eigenvalue weighted by atomic mass is 16.3. The molecule has 1 amide bonds. The van der Waals surface area contributed by atoms with Crippen molar-refractivity contribution in [3.63, 3.8) is 0 Å². The number of nitrogens with zero attached hydrogens (tertiary/aromatic N) is 2. The third-order valence-electron chi connectivity index (χ3n) is 3.91. The van der Waals surface area contributed by atoms with Crippen LogP contribution in [-0.2, 0) is 4.79 Å². The van der Waals surface area contributed by atoms with Crippen LogP contribution in [0.1, 0.15) is 26.3 Å². The number of aromatic nitrogens is 2. The Morgan fingerprint density at radius 2 is 2.09 bits per heavy atom. The normalized spacial score (nSPS) is 14.1. The van der Waals surface area contributed by atoms with E-state index in [1.165, 1.54) is 6.08 Å². The zero-order valence-corrected chi connectivity index (χ0v) is 13.7. The van der Waals surface area contributed by atoms with Crippen molar-refractivity contribution < 1.29 is 9.90 Å². The summed E-state index contributed by atoms with van der Waals surface area (Å²) in [7, 11) is 0. The SMILES string of the molecule is CC(C)C(C)(O)CNC(=O)C=Cc1cnn(-c2ccccc2)c1. The average molecular weight is 313 g/mol. The molecular weight excluding hydrogens is 290 g/mol. The minimum Gasteiger partial charge on any atom is -0.388 e. The van der Waals surface area contributed by atoms with Crippen LogP contribution in [0.25, 0.3) is 11.8 Å². The molecule has 0 saturated carbocycles. The van der Waals surface area contributed by atoms with Gasteiger partial charge in [-0.2, -0.15) is 5.10 Å². The van der Waals surface area contributed by atoms with Gasteiger partial charge in [0.2, 0.25) is 5.91 Å². The standard InChI is InChI=1S/C18H23N3O2/c1-14(2)18(3,23)13-19-17(22)10-9-15-11-20-21(12-15)16-7-5-4-6-8-16/h4-12,14,23H,13H2,1-3H3,(H,19,22). The minimum absolute atomic E-state index is 0.0656. The molecule has 1 aromatic heterocycles. The van der Waals surface area contributed by atoms with Crippen LogP contribution in [0.5, 0.6) is 0 Å². The van der Waals surface area contributed by atoms with Crippen LogP contribution in [0.4, 0.5) is 0 Å². The predicted octanol–water partition coefficient (Wildman–Crippen LogP) is 2.41. The molecule has 1 unspecified atom stereocenters. The first kappa shape index (κ1) is 17.0. The number of para-hydroxylation sites is 1. The second-order valence-electron chi connectivity index (χ2n) is 6.12. The third-order valence-corrected chi connectivity index (χ3v) is 3.91. The molecule has 2 rings (SSSR count). The quantitative estimate of drug-likeness (QED) is 0.805. The lowest BCUT2D eigenvalue weighted by Gasteiger charge is -2.27. The lowest BCUT2D eigenvalue weighted by molar-refractivity contribution is -0.118. The van der Waals surface area contributed by atoms with Crippen molar-refractivity contribution >= 4 is 12.0 Å². The molecule has 0 aliphatic rings. The van der Waals surface area contributed by atoms with E-state index >= 15 is 0 Å². The Labute approximate surface area is 136 Å². The van der Waals surface area contributed by atoms with Gasteiger partial charge < -0.3 is 10.4 Å². The summed E-state index contributed by atoms with van der Waals surface area (Å²) in [6, 6.07) is 9.76. The van der Waals surface area contributed by atoms with Gasteiger partial charge in [-0.15, -0.1) is 0 Å². The molecule has 5 nitrogen and oxygen atoms in total. The number of carbonyl (C=O) groups excluding carboxylic acids is 1. The van der Waals surface area contributed by atoms with Crippen molar-refractivity contribution in [1.82, 2.24) is 15.1 Å². The molecule has 1 atom stereocenters. The molecule has 23 heavy (non-hydrogen) atoms. The second-order valence-corrected chi connectivity index (χ2v) is 6.12. The van der Waals surface area contributed by atoms with Gasteiger partial charge in [-0.25, -0.2) is 4.68 Å². The van der Waals surface area contributed by atoms with Crippen molar-refractivity contribution in [2.75, 3.05) is 6.54 Å². The summed E-state index contributed by atoms with van der Waals surface area (Å²) < 4.78 is 1.75. The maximum absolute atomic E-state index is 11.8.